The SMILES string of the molecule is CCCCCCCCCCCCCCCCC(=O)O[C@H](COC(=O)CCCCCCCCCCCC(C)C)COP(=O)(O)OC[C@H](O)COP(=O)(O)OC[C@@H](COC(=O)CCCCCCCCCCCCC(C)CC)OC(=O)CCCCCCCCCCCCCCCCC(C)C. The summed E-state index contributed by atoms with van der Waals surface area (Å²) in [6, 6.07) is 0. The predicted molar refractivity (Wildman–Crippen MR) is 395 cm³/mol. The van der Waals surface area contributed by atoms with Gasteiger partial charge in [0.1, 0.15) is 19.3 Å². The first-order chi connectivity index (χ1) is 46.8. The molecule has 0 aromatic carbocycles. The van der Waals surface area contributed by atoms with Crippen LogP contribution in [0.15, 0.2) is 0 Å². The maximum absolute atomic E-state index is 13.1. The van der Waals surface area contributed by atoms with E-state index in [9.17, 15) is 43.2 Å². The Balaban J connectivity index is 5.27. The van der Waals surface area contributed by atoms with Crippen LogP contribution in [0, 0.1) is 17.8 Å². The summed E-state index contributed by atoms with van der Waals surface area (Å²) in [5, 5.41) is 10.6. The smallest absolute Gasteiger partial charge is 0.462 e. The third-order valence-electron chi connectivity index (χ3n) is 18.5. The fraction of sp³-hybridized carbons (Fsp3) is 0.949. The maximum Gasteiger partial charge on any atom is 0.472 e. The largest absolute Gasteiger partial charge is 0.472 e. The summed E-state index contributed by atoms with van der Waals surface area (Å²) in [5.41, 5.74) is 0. The first kappa shape index (κ1) is 95.1. The number of unbranched alkanes of at least 4 members (excludes halogenated alkanes) is 43. The van der Waals surface area contributed by atoms with Gasteiger partial charge in [-0.05, 0) is 43.4 Å². The Labute approximate surface area is 594 Å². The topological polar surface area (TPSA) is 237 Å². The number of hydrogen-bond acceptors (Lipinski definition) is 15. The Morgan fingerprint density at radius 1 is 0.299 bits per heavy atom. The zero-order chi connectivity index (χ0) is 71.6. The number of phosphoric ester groups is 2. The van der Waals surface area contributed by atoms with Gasteiger partial charge in [0.05, 0.1) is 26.4 Å². The van der Waals surface area contributed by atoms with E-state index < -0.39 is 97.5 Å². The number of hydrogen-bond donors (Lipinski definition) is 3. The molecule has 0 heterocycles. The molecule has 0 saturated heterocycles. The highest BCUT2D eigenvalue weighted by Crippen LogP contribution is 2.45. The molecule has 19 heteroatoms. The molecule has 0 aromatic heterocycles. The summed E-state index contributed by atoms with van der Waals surface area (Å²) >= 11 is 0. The first-order valence-electron chi connectivity index (χ1n) is 40.4. The van der Waals surface area contributed by atoms with Crippen LogP contribution in [0.2, 0.25) is 0 Å². The van der Waals surface area contributed by atoms with Crippen LogP contribution < -0.4 is 0 Å². The van der Waals surface area contributed by atoms with Crippen LogP contribution in [0.3, 0.4) is 0 Å². The fourth-order valence-electron chi connectivity index (χ4n) is 11.9. The van der Waals surface area contributed by atoms with Gasteiger partial charge in [0.25, 0.3) is 0 Å². The van der Waals surface area contributed by atoms with Crippen molar-refractivity contribution in [1.82, 2.24) is 0 Å². The molecule has 0 spiro atoms. The molecule has 576 valence electrons. The first-order valence-corrected chi connectivity index (χ1v) is 43.4. The van der Waals surface area contributed by atoms with Crippen LogP contribution in [0.4, 0.5) is 0 Å². The minimum atomic E-state index is -4.96. The van der Waals surface area contributed by atoms with Crippen LogP contribution in [-0.2, 0) is 65.4 Å². The molecule has 0 rings (SSSR count). The second-order valence-corrected chi connectivity index (χ2v) is 32.2. The van der Waals surface area contributed by atoms with Crippen LogP contribution in [0.25, 0.3) is 0 Å². The monoisotopic (exact) mass is 1420 g/mol. The van der Waals surface area contributed by atoms with Crippen molar-refractivity contribution in [2.45, 2.75) is 420 Å². The van der Waals surface area contributed by atoms with E-state index in [2.05, 4.69) is 48.5 Å². The minimum absolute atomic E-state index is 0.107. The molecule has 17 nitrogen and oxygen atoms in total. The summed E-state index contributed by atoms with van der Waals surface area (Å²) < 4.78 is 68.6. The van der Waals surface area contributed by atoms with Gasteiger partial charge in [-0.3, -0.25) is 37.3 Å². The summed E-state index contributed by atoms with van der Waals surface area (Å²) in [6.45, 7) is 12.0. The fourth-order valence-corrected chi connectivity index (χ4v) is 13.5. The molecule has 0 aliphatic carbocycles. The lowest BCUT2D eigenvalue weighted by Gasteiger charge is -2.21. The van der Waals surface area contributed by atoms with E-state index in [4.69, 9.17) is 37.0 Å². The van der Waals surface area contributed by atoms with Gasteiger partial charge in [0.15, 0.2) is 12.2 Å². The minimum Gasteiger partial charge on any atom is -0.462 e. The second kappa shape index (κ2) is 68.5. The predicted octanol–water partition coefficient (Wildman–Crippen LogP) is 23.0. The second-order valence-electron chi connectivity index (χ2n) is 29.3. The molecule has 97 heavy (non-hydrogen) atoms. The van der Waals surface area contributed by atoms with Crippen molar-refractivity contribution in [1.29, 1.82) is 0 Å². The molecule has 6 atom stereocenters. The summed E-state index contributed by atoms with van der Waals surface area (Å²) in [7, 11) is -9.92. The number of carbonyl (C=O) groups excluding carboxylic acids is 4. The van der Waals surface area contributed by atoms with E-state index in [0.717, 1.165) is 108 Å². The van der Waals surface area contributed by atoms with Gasteiger partial charge in [-0.1, -0.05) is 350 Å². The van der Waals surface area contributed by atoms with Gasteiger partial charge >= 0.3 is 39.5 Å². The molecular weight excluding hydrogens is 1270 g/mol. The molecular formula is C78H152O17P2. The van der Waals surface area contributed by atoms with Crippen molar-refractivity contribution in [2.75, 3.05) is 39.6 Å². The quantitative estimate of drug-likeness (QED) is 0.0222. The van der Waals surface area contributed by atoms with Crippen LogP contribution in [0.1, 0.15) is 402 Å². The highest BCUT2D eigenvalue weighted by molar-refractivity contribution is 7.47. The van der Waals surface area contributed by atoms with Gasteiger partial charge in [0.2, 0.25) is 0 Å². The standard InChI is InChI=1S/C78H152O17P2/c1-8-10-11-12-13-14-15-16-20-23-32-40-47-54-61-77(82)95-74(66-89-76(81)60-53-46-39-34-27-29-36-43-50-57-70(5)6)68-93-97(86,87)91-64-72(79)63-90-96(84,85)92-67-73(65-88-75(80)59-52-45-38-31-26-25-30-37-44-51-58-71(7)9-2)94-78(83)62-55-48-41-33-24-21-18-17-19-22-28-35-42-49-56-69(3)4/h69-74,79H,8-68H2,1-7H3,(H,84,85)(H,86,87)/t71?,72-,73-,74-/m1/s1. The molecule has 0 aliphatic heterocycles. The Morgan fingerprint density at radius 2 is 0.526 bits per heavy atom. The zero-order valence-corrected chi connectivity index (χ0v) is 65.3. The van der Waals surface area contributed by atoms with Crippen LogP contribution in [0.5, 0.6) is 0 Å². The van der Waals surface area contributed by atoms with E-state index >= 15 is 0 Å². The van der Waals surface area contributed by atoms with Gasteiger partial charge in [-0.25, -0.2) is 9.13 Å². The van der Waals surface area contributed by atoms with Crippen LogP contribution in [-0.4, -0.2) is 96.7 Å². The Kier molecular flexibility index (Phi) is 67.1. The van der Waals surface area contributed by atoms with E-state index in [-0.39, 0.29) is 25.7 Å². The van der Waals surface area contributed by atoms with E-state index in [1.807, 2.05) is 0 Å². The highest BCUT2D eigenvalue weighted by Gasteiger charge is 2.30. The zero-order valence-electron chi connectivity index (χ0n) is 63.5. The van der Waals surface area contributed by atoms with Gasteiger partial charge in [-0.2, -0.15) is 0 Å². The highest BCUT2D eigenvalue weighted by atomic mass is 31.2. The van der Waals surface area contributed by atoms with Crippen molar-refractivity contribution in [3.05, 3.63) is 0 Å². The number of aliphatic hydroxyl groups excluding tert-OH is 1. The Bertz CT molecular complexity index is 1890. The van der Waals surface area contributed by atoms with Crippen molar-refractivity contribution in [3.63, 3.8) is 0 Å². The molecule has 0 saturated carbocycles. The number of esters is 4. The average molecular weight is 1420 g/mol. The molecule has 3 N–H and O–H groups in total. The number of phosphoric acid groups is 2. The summed E-state index contributed by atoms with van der Waals surface area (Å²) in [4.78, 5) is 72.9. The summed E-state index contributed by atoms with van der Waals surface area (Å²) in [5.74, 6) is 0.235. The number of carbonyl (C=O) groups is 4. The molecule has 0 bridgehead atoms. The van der Waals surface area contributed by atoms with E-state index in [1.54, 1.807) is 0 Å². The number of ether oxygens (including phenoxy) is 4. The molecule has 0 aliphatic rings. The van der Waals surface area contributed by atoms with Gasteiger partial charge in [-0.15, -0.1) is 0 Å². The molecule has 0 amide bonds. The molecule has 0 fully saturated rings. The van der Waals surface area contributed by atoms with E-state index in [0.29, 0.717) is 25.7 Å². The normalized spacial score (nSPS) is 14.3. The Morgan fingerprint density at radius 3 is 0.784 bits per heavy atom. The molecule has 3 unspecified atom stereocenters. The van der Waals surface area contributed by atoms with Crippen molar-refractivity contribution in [2.24, 2.45) is 17.8 Å². The maximum atomic E-state index is 13.1. The van der Waals surface area contributed by atoms with Gasteiger partial charge in [0, 0.05) is 25.7 Å². The van der Waals surface area contributed by atoms with Crippen molar-refractivity contribution >= 4 is 39.5 Å². The molecule has 0 radical (unpaired) electrons. The third kappa shape index (κ3) is 70.9. The average Bonchev–Trinajstić information content (AvgIpc) is 1.18. The lowest BCUT2D eigenvalue weighted by Crippen LogP contribution is -2.30. The summed E-state index contributed by atoms with van der Waals surface area (Å²) in [6.07, 6.45) is 55.3. The molecule has 0 aromatic rings. The van der Waals surface area contributed by atoms with Crippen molar-refractivity contribution < 1.29 is 80.2 Å². The lowest BCUT2D eigenvalue weighted by molar-refractivity contribution is -0.161. The van der Waals surface area contributed by atoms with E-state index in [1.165, 1.54) is 212 Å². The van der Waals surface area contributed by atoms with Crippen LogP contribution >= 0.6 is 15.6 Å². The number of rotatable bonds is 76. The van der Waals surface area contributed by atoms with Gasteiger partial charge < -0.3 is 33.8 Å². The lowest BCUT2D eigenvalue weighted by atomic mass is 9.99. The Hall–Kier alpha value is -1.94. The number of aliphatic hydroxyl groups is 1. The third-order valence-corrected chi connectivity index (χ3v) is 20.4. The van der Waals surface area contributed by atoms with Crippen molar-refractivity contribution in [3.8, 4) is 0 Å².